The first kappa shape index (κ1) is 12.6. The summed E-state index contributed by atoms with van der Waals surface area (Å²) in [6, 6.07) is 0. The van der Waals surface area contributed by atoms with Crippen molar-refractivity contribution in [2.75, 3.05) is 18.1 Å². The molecule has 4 heteroatoms. The topological polar surface area (TPSA) is 18.5 Å². The minimum atomic E-state index is 0.299. The van der Waals surface area contributed by atoms with Crippen molar-refractivity contribution in [2.24, 2.45) is 0 Å². The molecule has 0 aliphatic rings. The summed E-state index contributed by atoms with van der Waals surface area (Å²) in [6.07, 6.45) is 1.27. The minimum Gasteiger partial charge on any atom is -0.315 e. The maximum atomic E-state index is 5.40. The van der Waals surface area contributed by atoms with Crippen molar-refractivity contribution in [3.63, 3.8) is 0 Å². The predicted molar refractivity (Wildman–Crippen MR) is 57.4 cm³/mol. The van der Waals surface area contributed by atoms with Crippen molar-refractivity contribution >= 4 is 24.1 Å². The van der Waals surface area contributed by atoms with E-state index in [-0.39, 0.29) is 0 Å². The van der Waals surface area contributed by atoms with Crippen LogP contribution in [0.5, 0.6) is 0 Å². The van der Waals surface area contributed by atoms with Gasteiger partial charge in [-0.25, -0.2) is 0 Å². The van der Waals surface area contributed by atoms with Gasteiger partial charge in [0.2, 0.25) is 0 Å². The molecule has 0 saturated carbocycles. The lowest BCUT2D eigenvalue weighted by molar-refractivity contribution is 0.216. The molecule has 1 unspecified atom stereocenters. The first-order valence-electron chi connectivity index (χ1n) is 4.33. The largest absolute Gasteiger partial charge is 0.315 e. The predicted octanol–water partition coefficient (Wildman–Crippen LogP) is 3.13. The average Bonchev–Trinajstić information content (AvgIpc) is 2.09. The molecular formula is C8H18O2S2. The smallest absolute Gasteiger partial charge is 0.0716 e. The van der Waals surface area contributed by atoms with Gasteiger partial charge in [-0.2, -0.15) is 0 Å². The van der Waals surface area contributed by atoms with Gasteiger partial charge in [0.15, 0.2) is 0 Å². The van der Waals surface area contributed by atoms with Crippen molar-refractivity contribution in [1.82, 2.24) is 0 Å². The van der Waals surface area contributed by atoms with Crippen LogP contribution in [-0.4, -0.2) is 24.2 Å². The number of hydrogen-bond acceptors (Lipinski definition) is 4. The van der Waals surface area contributed by atoms with Gasteiger partial charge in [0.1, 0.15) is 0 Å². The fraction of sp³-hybridized carbons (Fsp3) is 1.00. The molecule has 0 N–H and O–H groups in total. The zero-order chi connectivity index (χ0) is 9.23. The molecule has 0 rings (SSSR count). The molecule has 0 radical (unpaired) electrons. The molecule has 0 heterocycles. The van der Waals surface area contributed by atoms with Gasteiger partial charge in [-0.15, -0.1) is 0 Å². The Hall–Kier alpha value is 0.620. The molecule has 0 aliphatic carbocycles. The van der Waals surface area contributed by atoms with Gasteiger partial charge in [-0.1, -0.05) is 13.8 Å². The molecule has 74 valence electrons. The Morgan fingerprint density at radius 1 is 1.17 bits per heavy atom. The van der Waals surface area contributed by atoms with Crippen LogP contribution in [0.25, 0.3) is 0 Å². The summed E-state index contributed by atoms with van der Waals surface area (Å²) in [4.78, 5) is 0. The average molecular weight is 210 g/mol. The van der Waals surface area contributed by atoms with Crippen molar-refractivity contribution in [1.29, 1.82) is 0 Å². The fourth-order valence-electron chi connectivity index (χ4n) is 0.589. The Morgan fingerprint density at radius 3 is 2.42 bits per heavy atom. The van der Waals surface area contributed by atoms with Crippen LogP contribution >= 0.6 is 24.1 Å². The summed E-state index contributed by atoms with van der Waals surface area (Å²) in [5, 5.41) is 0. The van der Waals surface area contributed by atoms with E-state index in [1.165, 1.54) is 24.1 Å². The number of rotatable bonds is 8. The van der Waals surface area contributed by atoms with E-state index in [0.29, 0.717) is 6.10 Å². The quantitative estimate of drug-likeness (QED) is 0.452. The lowest BCUT2D eigenvalue weighted by atomic mass is 10.3. The zero-order valence-electron chi connectivity index (χ0n) is 8.04. The summed E-state index contributed by atoms with van der Waals surface area (Å²) in [6.45, 7) is 7.02. The van der Waals surface area contributed by atoms with Crippen molar-refractivity contribution in [3.8, 4) is 0 Å². The van der Waals surface area contributed by atoms with Gasteiger partial charge in [0, 0.05) is 11.5 Å². The molecule has 0 bridgehead atoms. The van der Waals surface area contributed by atoms with Crippen molar-refractivity contribution in [2.45, 2.75) is 33.3 Å². The first-order valence-corrected chi connectivity index (χ1v) is 6.16. The lowest BCUT2D eigenvalue weighted by Crippen LogP contribution is -2.06. The van der Waals surface area contributed by atoms with E-state index in [4.69, 9.17) is 8.37 Å². The highest BCUT2D eigenvalue weighted by molar-refractivity contribution is 7.94. The van der Waals surface area contributed by atoms with Gasteiger partial charge in [-0.05, 0) is 37.4 Å². The molecule has 0 saturated heterocycles. The second-order valence-electron chi connectivity index (χ2n) is 2.33. The highest BCUT2D eigenvalue weighted by Crippen LogP contribution is 2.10. The van der Waals surface area contributed by atoms with Crippen LogP contribution in [0.2, 0.25) is 0 Å². The first-order chi connectivity index (χ1) is 5.81. The van der Waals surface area contributed by atoms with Crippen LogP contribution in [0.3, 0.4) is 0 Å². The molecule has 2 nitrogen and oxygen atoms in total. The summed E-state index contributed by atoms with van der Waals surface area (Å²) in [7, 11) is 0. The van der Waals surface area contributed by atoms with E-state index in [9.17, 15) is 0 Å². The van der Waals surface area contributed by atoms with E-state index in [0.717, 1.165) is 24.5 Å². The van der Waals surface area contributed by atoms with Gasteiger partial charge >= 0.3 is 0 Å². The van der Waals surface area contributed by atoms with E-state index in [1.54, 1.807) is 0 Å². The number of hydrogen-bond donors (Lipinski definition) is 0. The molecule has 1 atom stereocenters. The molecule has 0 aromatic carbocycles. The maximum Gasteiger partial charge on any atom is 0.0716 e. The zero-order valence-corrected chi connectivity index (χ0v) is 9.67. The third-order valence-corrected chi connectivity index (χ3v) is 2.43. The second kappa shape index (κ2) is 9.71. The van der Waals surface area contributed by atoms with Crippen LogP contribution in [0.4, 0.5) is 0 Å². The van der Waals surface area contributed by atoms with Crippen LogP contribution < -0.4 is 0 Å². The minimum absolute atomic E-state index is 0.299. The molecule has 0 aliphatic heterocycles. The Balaban J connectivity index is 3.02. The molecule has 0 aromatic heterocycles. The highest BCUT2D eigenvalue weighted by atomic mass is 32.2. The molecule has 0 aromatic rings. The normalized spacial score (nSPS) is 13.2. The summed E-state index contributed by atoms with van der Waals surface area (Å²) >= 11 is 3.03. The third-order valence-electron chi connectivity index (χ3n) is 1.16. The molecule has 0 spiro atoms. The highest BCUT2D eigenvalue weighted by Gasteiger charge is 2.01. The van der Waals surface area contributed by atoms with E-state index < -0.39 is 0 Å². The molecule has 0 fully saturated rings. The van der Waals surface area contributed by atoms with Crippen molar-refractivity contribution in [3.05, 3.63) is 0 Å². The lowest BCUT2D eigenvalue weighted by Gasteiger charge is -2.09. The Bertz CT molecular complexity index is 91.1. The van der Waals surface area contributed by atoms with Crippen molar-refractivity contribution < 1.29 is 8.37 Å². The molecule has 0 amide bonds. The van der Waals surface area contributed by atoms with Crippen LogP contribution in [0.15, 0.2) is 0 Å². The third kappa shape index (κ3) is 8.71. The van der Waals surface area contributed by atoms with Gasteiger partial charge < -0.3 is 8.37 Å². The Kier molecular flexibility index (Phi) is 10.2. The summed E-state index contributed by atoms with van der Waals surface area (Å²) < 4.78 is 10.7. The van der Waals surface area contributed by atoms with Crippen LogP contribution in [0.1, 0.15) is 27.2 Å². The van der Waals surface area contributed by atoms with Crippen LogP contribution in [0, 0.1) is 0 Å². The van der Waals surface area contributed by atoms with Gasteiger partial charge in [0.05, 0.1) is 12.7 Å². The Morgan fingerprint density at radius 2 is 1.83 bits per heavy atom. The second-order valence-corrected chi connectivity index (χ2v) is 4.38. The molecule has 12 heavy (non-hydrogen) atoms. The summed E-state index contributed by atoms with van der Waals surface area (Å²) in [5.74, 6) is 2.02. The SMILES string of the molecule is CCSOCCC(C)OSCC. The van der Waals surface area contributed by atoms with E-state index >= 15 is 0 Å². The van der Waals surface area contributed by atoms with Gasteiger partial charge in [0.25, 0.3) is 0 Å². The monoisotopic (exact) mass is 210 g/mol. The summed E-state index contributed by atoms with van der Waals surface area (Å²) in [5.41, 5.74) is 0. The van der Waals surface area contributed by atoms with E-state index in [2.05, 4.69) is 20.8 Å². The fourth-order valence-corrected chi connectivity index (χ4v) is 1.43. The Labute approximate surface area is 84.2 Å². The molecular weight excluding hydrogens is 192 g/mol. The standard InChI is InChI=1S/C8H18O2S2/c1-4-11-9-7-6-8(3)10-12-5-2/h8H,4-7H2,1-3H3. The van der Waals surface area contributed by atoms with Gasteiger partial charge in [-0.3, -0.25) is 0 Å². The van der Waals surface area contributed by atoms with E-state index in [1.807, 2.05) is 0 Å². The maximum absolute atomic E-state index is 5.40. The van der Waals surface area contributed by atoms with Crippen LogP contribution in [-0.2, 0) is 8.37 Å².